The number of anilines is 1. The lowest BCUT2D eigenvalue weighted by molar-refractivity contribution is -0.141. The Kier molecular flexibility index (Phi) is 5.11. The molecule has 1 aromatic carbocycles. The monoisotopic (exact) mass is 421 g/mol. The van der Waals surface area contributed by atoms with Crippen LogP contribution in [0.25, 0.3) is 0 Å². The summed E-state index contributed by atoms with van der Waals surface area (Å²) in [5.74, 6) is 0.284. The van der Waals surface area contributed by atoms with E-state index in [1.807, 2.05) is 4.90 Å². The maximum Gasteiger partial charge on any atom is 0.233 e. The third-order valence-electron chi connectivity index (χ3n) is 7.65. The molecule has 5 atom stereocenters. The number of piperazine rings is 1. The quantitative estimate of drug-likeness (QED) is 0.542. The summed E-state index contributed by atoms with van der Waals surface area (Å²) in [7, 11) is 0. The van der Waals surface area contributed by atoms with Crippen molar-refractivity contribution in [1.82, 2.24) is 9.80 Å². The Labute approximate surface area is 183 Å². The predicted octanol–water partition coefficient (Wildman–Crippen LogP) is 2.62. The molecule has 2 saturated heterocycles. The number of fused-ring (bicyclic) bond motifs is 5. The molecule has 3 fully saturated rings. The topological polar surface area (TPSA) is 60.9 Å². The van der Waals surface area contributed by atoms with Gasteiger partial charge in [-0.3, -0.25) is 19.3 Å². The van der Waals surface area contributed by atoms with Crippen molar-refractivity contribution in [2.24, 2.45) is 23.7 Å². The zero-order chi connectivity index (χ0) is 21.7. The van der Waals surface area contributed by atoms with Gasteiger partial charge in [0.2, 0.25) is 17.7 Å². The van der Waals surface area contributed by atoms with Gasteiger partial charge >= 0.3 is 0 Å². The highest BCUT2D eigenvalue weighted by atomic mass is 16.2. The second kappa shape index (κ2) is 7.81. The van der Waals surface area contributed by atoms with Gasteiger partial charge in [-0.1, -0.05) is 24.3 Å². The van der Waals surface area contributed by atoms with Crippen molar-refractivity contribution in [3.05, 3.63) is 42.0 Å². The van der Waals surface area contributed by atoms with E-state index in [9.17, 15) is 14.4 Å². The molecule has 2 aliphatic carbocycles. The van der Waals surface area contributed by atoms with Gasteiger partial charge in [0.05, 0.1) is 11.8 Å². The zero-order valence-corrected chi connectivity index (χ0v) is 18.4. The van der Waals surface area contributed by atoms with Gasteiger partial charge in [0.25, 0.3) is 0 Å². The van der Waals surface area contributed by atoms with Crippen LogP contribution in [0.5, 0.6) is 0 Å². The zero-order valence-electron chi connectivity index (χ0n) is 18.4. The van der Waals surface area contributed by atoms with Crippen molar-refractivity contribution in [3.63, 3.8) is 0 Å². The number of amides is 3. The van der Waals surface area contributed by atoms with Crippen LogP contribution in [0, 0.1) is 30.6 Å². The van der Waals surface area contributed by atoms with Crippen molar-refractivity contribution in [1.29, 1.82) is 0 Å². The van der Waals surface area contributed by atoms with Gasteiger partial charge in [0, 0.05) is 44.3 Å². The number of carbonyl (C=O) groups excluding carboxylic acids is 3. The fourth-order valence-electron chi connectivity index (χ4n) is 6.11. The van der Waals surface area contributed by atoms with Gasteiger partial charge in [0.1, 0.15) is 0 Å². The highest BCUT2D eigenvalue weighted by Crippen LogP contribution is 2.52. The molecule has 2 aliphatic heterocycles. The van der Waals surface area contributed by atoms with E-state index in [2.05, 4.69) is 55.2 Å². The number of aryl methyl sites for hydroxylation is 1. The van der Waals surface area contributed by atoms with Gasteiger partial charge in [-0.15, -0.1) is 0 Å². The molecule has 5 unspecified atom stereocenters. The van der Waals surface area contributed by atoms with Gasteiger partial charge in [-0.2, -0.15) is 0 Å². The van der Waals surface area contributed by atoms with Crippen LogP contribution in [-0.4, -0.2) is 59.7 Å². The summed E-state index contributed by atoms with van der Waals surface area (Å²) in [6.45, 7) is 6.85. The fraction of sp³-hybridized carbons (Fsp3) is 0.560. The van der Waals surface area contributed by atoms with Crippen LogP contribution in [0.1, 0.15) is 31.7 Å². The lowest BCUT2D eigenvalue weighted by Crippen LogP contribution is -2.53. The number of hydrogen-bond donors (Lipinski definition) is 0. The maximum absolute atomic E-state index is 12.8. The molecule has 2 bridgehead atoms. The van der Waals surface area contributed by atoms with E-state index in [4.69, 9.17) is 0 Å². The molecule has 0 spiro atoms. The van der Waals surface area contributed by atoms with E-state index in [0.29, 0.717) is 32.5 Å². The van der Waals surface area contributed by atoms with E-state index in [-0.39, 0.29) is 47.4 Å². The molecular weight excluding hydrogens is 390 g/mol. The van der Waals surface area contributed by atoms with E-state index in [0.717, 1.165) is 13.0 Å². The number of likely N-dealkylation sites (tertiary alicyclic amines) is 1. The number of rotatable bonds is 5. The Morgan fingerprint density at radius 1 is 1.06 bits per heavy atom. The number of carbonyl (C=O) groups is 3. The van der Waals surface area contributed by atoms with E-state index < -0.39 is 0 Å². The summed E-state index contributed by atoms with van der Waals surface area (Å²) in [6, 6.07) is 8.74. The van der Waals surface area contributed by atoms with Crippen LogP contribution in [0.15, 0.2) is 36.4 Å². The van der Waals surface area contributed by atoms with E-state index >= 15 is 0 Å². The molecular formula is C25H31N3O3. The maximum atomic E-state index is 12.8. The molecule has 164 valence electrons. The molecule has 31 heavy (non-hydrogen) atoms. The summed E-state index contributed by atoms with van der Waals surface area (Å²) in [4.78, 5) is 44.1. The lowest BCUT2D eigenvalue weighted by Gasteiger charge is -2.41. The Morgan fingerprint density at radius 2 is 1.77 bits per heavy atom. The Balaban J connectivity index is 1.12. The van der Waals surface area contributed by atoms with Gasteiger partial charge in [0.15, 0.2) is 0 Å². The molecule has 5 rings (SSSR count). The molecule has 6 heteroatoms. The first kappa shape index (κ1) is 20.3. The molecule has 1 aromatic rings. The van der Waals surface area contributed by atoms with E-state index in [1.165, 1.54) is 16.2 Å². The number of hydrogen-bond acceptors (Lipinski definition) is 4. The minimum atomic E-state index is -0.145. The second-order valence-corrected chi connectivity index (χ2v) is 9.65. The normalized spacial score (nSPS) is 31.7. The minimum Gasteiger partial charge on any atom is -0.365 e. The van der Waals surface area contributed by atoms with Crippen LogP contribution < -0.4 is 4.90 Å². The number of allylic oxidation sites excluding steroid dienone is 2. The van der Waals surface area contributed by atoms with Crippen molar-refractivity contribution < 1.29 is 14.4 Å². The summed E-state index contributed by atoms with van der Waals surface area (Å²) in [5.41, 5.74) is 2.45. The first-order chi connectivity index (χ1) is 14.9. The third kappa shape index (κ3) is 3.46. The summed E-state index contributed by atoms with van der Waals surface area (Å²) in [5, 5.41) is 0. The largest absolute Gasteiger partial charge is 0.365 e. The first-order valence-corrected chi connectivity index (χ1v) is 11.6. The molecule has 2 heterocycles. The molecule has 0 N–H and O–H groups in total. The summed E-state index contributed by atoms with van der Waals surface area (Å²) in [6.07, 6.45) is 6.11. The molecule has 1 saturated carbocycles. The lowest BCUT2D eigenvalue weighted by atomic mass is 9.85. The minimum absolute atomic E-state index is 0.0142. The third-order valence-corrected chi connectivity index (χ3v) is 7.65. The highest BCUT2D eigenvalue weighted by molar-refractivity contribution is 6.06. The summed E-state index contributed by atoms with van der Waals surface area (Å²) >= 11 is 0. The van der Waals surface area contributed by atoms with Crippen LogP contribution in [0.4, 0.5) is 5.69 Å². The Morgan fingerprint density at radius 3 is 2.42 bits per heavy atom. The standard InChI is InChI=1S/C25H31N3O3/c1-16-5-3-6-20(13-16)27-12-11-26(15-17(27)2)21(29)7-4-10-28-24(30)22-18-8-9-19(14-18)23(22)25(28)31/h3,5-6,8-9,13,17-19,22-23H,4,7,10-12,14-15H2,1-2H3. The van der Waals surface area contributed by atoms with Gasteiger partial charge in [-0.05, 0) is 56.2 Å². The average molecular weight is 422 g/mol. The molecule has 0 radical (unpaired) electrons. The SMILES string of the molecule is Cc1cccc(N2CCN(C(=O)CCCN3C(=O)C4C5C=CC(C5)C4C3=O)CC2C)c1. The van der Waals surface area contributed by atoms with E-state index in [1.54, 1.807) is 0 Å². The van der Waals surface area contributed by atoms with Gasteiger partial charge < -0.3 is 9.80 Å². The fourth-order valence-corrected chi connectivity index (χ4v) is 6.11. The highest BCUT2D eigenvalue weighted by Gasteiger charge is 2.58. The number of nitrogens with zero attached hydrogens (tertiary/aromatic N) is 3. The smallest absolute Gasteiger partial charge is 0.233 e. The van der Waals surface area contributed by atoms with Crippen molar-refractivity contribution in [2.75, 3.05) is 31.1 Å². The molecule has 4 aliphatic rings. The molecule has 0 aromatic heterocycles. The number of imide groups is 1. The first-order valence-electron chi connectivity index (χ1n) is 11.6. The van der Waals surface area contributed by atoms with Crippen molar-refractivity contribution in [2.45, 2.75) is 39.2 Å². The van der Waals surface area contributed by atoms with Crippen LogP contribution >= 0.6 is 0 Å². The van der Waals surface area contributed by atoms with Crippen LogP contribution in [-0.2, 0) is 14.4 Å². The van der Waals surface area contributed by atoms with Crippen molar-refractivity contribution in [3.8, 4) is 0 Å². The van der Waals surface area contributed by atoms with Crippen LogP contribution in [0.3, 0.4) is 0 Å². The summed E-state index contributed by atoms with van der Waals surface area (Å²) < 4.78 is 0. The number of benzene rings is 1. The van der Waals surface area contributed by atoms with Crippen molar-refractivity contribution >= 4 is 23.4 Å². The molecule has 3 amide bonds. The predicted molar refractivity (Wildman–Crippen MR) is 118 cm³/mol. The van der Waals surface area contributed by atoms with Crippen LogP contribution in [0.2, 0.25) is 0 Å². The van der Waals surface area contributed by atoms with Gasteiger partial charge in [-0.25, -0.2) is 0 Å². The Hall–Kier alpha value is -2.63. The average Bonchev–Trinajstić information content (AvgIpc) is 3.43. The second-order valence-electron chi connectivity index (χ2n) is 9.65. The molecule has 6 nitrogen and oxygen atoms in total. The Bertz CT molecular complexity index is 912.